The molecule has 17 nitrogen and oxygen atoms in total. The fraction of sp³-hybridized carbons (Fsp3) is 0.659. The third kappa shape index (κ3) is 17.0. The molecule has 1 aromatic carbocycles. The highest BCUT2D eigenvalue weighted by Crippen LogP contribution is 2.25. The Morgan fingerprint density at radius 1 is 0.871 bits per heavy atom. The highest BCUT2D eigenvalue weighted by molar-refractivity contribution is 8.00. The third-order valence-electron chi connectivity index (χ3n) is 11.0. The van der Waals surface area contributed by atoms with Crippen molar-refractivity contribution in [3.8, 4) is 0 Å². The molecule has 1 aliphatic heterocycles. The fourth-order valence-corrected chi connectivity index (χ4v) is 8.04. The second-order valence-electron chi connectivity index (χ2n) is 16.9. The number of carbonyl (C=O) groups excluding carboxylic acids is 9. The van der Waals surface area contributed by atoms with Gasteiger partial charge in [0.05, 0.1) is 17.3 Å². The summed E-state index contributed by atoms with van der Waals surface area (Å²) in [6.45, 7) is 11.4. The smallest absolute Gasteiger partial charge is 0.410 e. The van der Waals surface area contributed by atoms with Gasteiger partial charge in [0.2, 0.25) is 29.5 Å². The molecule has 6 N–H and O–H groups in total. The Morgan fingerprint density at radius 2 is 1.53 bits per heavy atom. The molecular weight excluding hydrogens is 819 g/mol. The van der Waals surface area contributed by atoms with E-state index >= 15 is 0 Å². The lowest BCUT2D eigenvalue weighted by Gasteiger charge is -2.31. The average Bonchev–Trinajstić information content (AvgIpc) is 3.49. The van der Waals surface area contributed by atoms with E-state index in [0.717, 1.165) is 0 Å². The minimum Gasteiger partial charge on any atom is -0.445 e. The first-order chi connectivity index (χ1) is 29.2. The SMILES string of the molecule is CNC(=O)[C@@H](CC(=O)[C@H](C(C)C)N(C)C(=O)OCc1ccc(NC(=O)[C@H](CCCNC(N)=O)CC(=O)[C@@H](NC(=O)CCCCCN2C(=O)CC(SC)C2=O)C(C)C)cc1)C(C)C. The number of Topliss-reactive ketones (excluding diaryl/α,β-unsaturated/α-hetero) is 2. The Bertz CT molecular complexity index is 1720. The van der Waals surface area contributed by atoms with E-state index in [0.29, 0.717) is 43.5 Å². The maximum absolute atomic E-state index is 13.7. The van der Waals surface area contributed by atoms with E-state index in [1.54, 1.807) is 44.4 Å². The number of ether oxygens (including phenoxy) is 1. The number of nitrogens with two attached hydrogens (primary N) is 1. The van der Waals surface area contributed by atoms with Crippen molar-refractivity contribution >= 4 is 70.7 Å². The van der Waals surface area contributed by atoms with E-state index in [1.165, 1.54) is 35.7 Å². The molecule has 1 unspecified atom stereocenters. The number of hydrogen-bond donors (Lipinski definition) is 5. The van der Waals surface area contributed by atoms with E-state index in [1.807, 2.05) is 27.7 Å². The van der Waals surface area contributed by atoms with Gasteiger partial charge in [-0.2, -0.15) is 11.8 Å². The first-order valence-electron chi connectivity index (χ1n) is 21.5. The van der Waals surface area contributed by atoms with Crippen LogP contribution in [0.5, 0.6) is 0 Å². The molecule has 1 saturated heterocycles. The van der Waals surface area contributed by atoms with Gasteiger partial charge < -0.3 is 36.6 Å². The molecule has 18 heteroatoms. The second-order valence-corrected chi connectivity index (χ2v) is 17.9. The largest absolute Gasteiger partial charge is 0.445 e. The summed E-state index contributed by atoms with van der Waals surface area (Å²) in [7, 11) is 3.02. The molecule has 2 rings (SSSR count). The van der Waals surface area contributed by atoms with Gasteiger partial charge in [0, 0.05) is 70.4 Å². The van der Waals surface area contributed by atoms with Gasteiger partial charge in [-0.05, 0) is 67.4 Å². The standard InChI is InChI=1S/C44H69N7O10S/c1-26(2)32(41(57)46-7)23-34(53)39(28(5)6)50(8)44(60)61-25-29-16-18-31(19-17-29)48-40(56)30(14-13-20-47-43(45)59)22-33(52)38(27(3)4)49-36(54)15-11-10-12-21-51-37(55)24-35(62-9)42(51)58/h16-19,26-28,30,32,35,38-39H,10-15,20-25H2,1-9H3,(H,46,57)(H,48,56)(H,49,54)(H3,45,47,59)/t30-,32+,35?,38+,39+/m1/s1. The summed E-state index contributed by atoms with van der Waals surface area (Å²) >= 11 is 1.36. The van der Waals surface area contributed by atoms with Crippen molar-refractivity contribution in [2.45, 2.75) is 123 Å². The zero-order chi connectivity index (χ0) is 46.7. The predicted octanol–water partition coefficient (Wildman–Crippen LogP) is 4.41. The van der Waals surface area contributed by atoms with E-state index in [4.69, 9.17) is 10.5 Å². The minimum absolute atomic E-state index is 0.0180. The lowest BCUT2D eigenvalue weighted by Crippen LogP contribution is -2.47. The van der Waals surface area contributed by atoms with Gasteiger partial charge in [-0.15, -0.1) is 0 Å². The molecule has 5 atom stereocenters. The number of nitrogens with one attached hydrogen (secondary N) is 4. The quantitative estimate of drug-likeness (QED) is 0.0612. The maximum atomic E-state index is 13.7. The third-order valence-corrected chi connectivity index (χ3v) is 11.9. The minimum atomic E-state index is -0.848. The van der Waals surface area contributed by atoms with Gasteiger partial charge in [0.1, 0.15) is 6.61 Å². The molecule has 0 bridgehead atoms. The van der Waals surface area contributed by atoms with Crippen LogP contribution in [0.4, 0.5) is 15.3 Å². The van der Waals surface area contributed by atoms with Crippen molar-refractivity contribution in [2.24, 2.45) is 35.3 Å². The molecule has 0 saturated carbocycles. The Morgan fingerprint density at radius 3 is 2.08 bits per heavy atom. The maximum Gasteiger partial charge on any atom is 0.410 e. The molecule has 1 aromatic rings. The number of rotatable bonds is 27. The molecule has 1 heterocycles. The van der Waals surface area contributed by atoms with Crippen molar-refractivity contribution in [3.63, 3.8) is 0 Å². The van der Waals surface area contributed by atoms with Crippen molar-refractivity contribution in [1.82, 2.24) is 25.8 Å². The molecule has 0 spiro atoms. The average molecular weight is 888 g/mol. The molecule has 0 radical (unpaired) electrons. The van der Waals surface area contributed by atoms with Crippen LogP contribution in [0, 0.1) is 29.6 Å². The molecule has 0 aromatic heterocycles. The summed E-state index contributed by atoms with van der Waals surface area (Å²) in [6.07, 6.45) is 3.54. The molecule has 0 aliphatic carbocycles. The van der Waals surface area contributed by atoms with Gasteiger partial charge in [0.15, 0.2) is 11.6 Å². The number of likely N-dealkylation sites (N-methyl/N-ethyl adjacent to an activating group) is 1. The number of nitrogens with zero attached hydrogens (tertiary/aromatic N) is 2. The normalized spacial score (nSPS) is 15.8. The Hall–Kier alpha value is -5.00. The lowest BCUT2D eigenvalue weighted by molar-refractivity contribution is -0.138. The van der Waals surface area contributed by atoms with Crippen LogP contribution in [0.15, 0.2) is 24.3 Å². The van der Waals surface area contributed by atoms with Crippen LogP contribution in [0.2, 0.25) is 0 Å². The van der Waals surface area contributed by atoms with Gasteiger partial charge in [-0.25, -0.2) is 9.59 Å². The number of imide groups is 1. The van der Waals surface area contributed by atoms with Crippen molar-refractivity contribution in [1.29, 1.82) is 0 Å². The first kappa shape index (κ1) is 53.1. The predicted molar refractivity (Wildman–Crippen MR) is 237 cm³/mol. The number of likely N-dealkylation sites (tertiary alicyclic amines) is 1. The number of primary amides is 1. The number of unbranched alkanes of at least 4 members (excludes halogenated alkanes) is 2. The van der Waals surface area contributed by atoms with Gasteiger partial charge in [-0.3, -0.25) is 38.5 Å². The molecule has 1 aliphatic rings. The van der Waals surface area contributed by atoms with Crippen LogP contribution in [0.3, 0.4) is 0 Å². The zero-order valence-corrected chi connectivity index (χ0v) is 38.7. The molecular formula is C44H69N7O10S. The van der Waals surface area contributed by atoms with Crippen LogP contribution in [0.25, 0.3) is 0 Å². The summed E-state index contributed by atoms with van der Waals surface area (Å²) in [5, 5.41) is 10.4. The molecule has 8 amide bonds. The fourth-order valence-electron chi connectivity index (χ4n) is 7.40. The van der Waals surface area contributed by atoms with Crippen LogP contribution in [-0.4, -0.2) is 114 Å². The number of thioether (sulfide) groups is 1. The van der Waals surface area contributed by atoms with Crippen LogP contribution < -0.4 is 27.0 Å². The number of anilines is 1. The Labute approximate surface area is 370 Å². The van der Waals surface area contributed by atoms with Crippen molar-refractivity contribution in [2.75, 3.05) is 38.8 Å². The van der Waals surface area contributed by atoms with E-state index < -0.39 is 42.0 Å². The Balaban J connectivity index is 2.01. The molecule has 62 heavy (non-hydrogen) atoms. The lowest BCUT2D eigenvalue weighted by atomic mass is 9.85. The van der Waals surface area contributed by atoms with Crippen LogP contribution in [-0.2, 0) is 44.9 Å². The topological polar surface area (TPSA) is 243 Å². The van der Waals surface area contributed by atoms with Gasteiger partial charge in [0.25, 0.3) is 0 Å². The zero-order valence-electron chi connectivity index (χ0n) is 37.9. The summed E-state index contributed by atoms with van der Waals surface area (Å²) in [5.74, 6) is -3.82. The van der Waals surface area contributed by atoms with E-state index in [9.17, 15) is 43.2 Å². The van der Waals surface area contributed by atoms with E-state index in [2.05, 4.69) is 21.3 Å². The summed E-state index contributed by atoms with van der Waals surface area (Å²) in [6, 6.07) is 4.22. The van der Waals surface area contributed by atoms with Crippen molar-refractivity contribution in [3.05, 3.63) is 29.8 Å². The summed E-state index contributed by atoms with van der Waals surface area (Å²) in [4.78, 5) is 117. The second kappa shape index (κ2) is 26.5. The van der Waals surface area contributed by atoms with E-state index in [-0.39, 0.29) is 103 Å². The number of ketones is 2. The summed E-state index contributed by atoms with van der Waals surface area (Å²) in [5.41, 5.74) is 6.24. The van der Waals surface area contributed by atoms with Crippen molar-refractivity contribution < 1.29 is 47.9 Å². The summed E-state index contributed by atoms with van der Waals surface area (Å²) < 4.78 is 5.54. The first-order valence-corrected chi connectivity index (χ1v) is 22.8. The van der Waals surface area contributed by atoms with Crippen LogP contribution >= 0.6 is 11.8 Å². The number of benzene rings is 1. The molecule has 346 valence electrons. The van der Waals surface area contributed by atoms with Gasteiger partial charge >= 0.3 is 12.1 Å². The number of urea groups is 1. The number of amides is 8. The Kier molecular flexibility index (Phi) is 22.7. The number of carbonyl (C=O) groups is 9. The van der Waals surface area contributed by atoms with Gasteiger partial charge in [-0.1, -0.05) is 60.1 Å². The highest BCUT2D eigenvalue weighted by atomic mass is 32.2. The monoisotopic (exact) mass is 887 g/mol. The highest BCUT2D eigenvalue weighted by Gasteiger charge is 2.38. The van der Waals surface area contributed by atoms with Crippen LogP contribution in [0.1, 0.15) is 105 Å². The molecule has 1 fully saturated rings. The number of hydrogen-bond acceptors (Lipinski definition) is 11.